The third kappa shape index (κ3) is 5.17. The Morgan fingerprint density at radius 1 is 1.33 bits per heavy atom. The second-order valence-electron chi connectivity index (χ2n) is 6.67. The van der Waals surface area contributed by atoms with E-state index in [-0.39, 0.29) is 5.91 Å². The lowest BCUT2D eigenvalue weighted by molar-refractivity contribution is -0.132. The van der Waals surface area contributed by atoms with Gasteiger partial charge in [0.05, 0.1) is 23.5 Å². The summed E-state index contributed by atoms with van der Waals surface area (Å²) in [6.07, 6.45) is 2.80. The fourth-order valence-corrected chi connectivity index (χ4v) is 4.42. The topological polar surface area (TPSA) is 36.0 Å². The molecule has 0 aromatic carbocycles. The summed E-state index contributed by atoms with van der Waals surface area (Å²) in [5, 5.41) is 0. The molecule has 0 saturated carbocycles. The van der Waals surface area contributed by atoms with Crippen LogP contribution in [-0.2, 0) is 16.1 Å². The van der Waals surface area contributed by atoms with Gasteiger partial charge in [-0.25, -0.2) is 0 Å². The molecule has 0 aliphatic carbocycles. The second-order valence-corrected chi connectivity index (χ2v) is 8.47. The Morgan fingerprint density at radius 2 is 2.08 bits per heavy atom. The van der Waals surface area contributed by atoms with Crippen LogP contribution in [0.3, 0.4) is 0 Å². The van der Waals surface area contributed by atoms with E-state index in [0.29, 0.717) is 19.2 Å². The van der Waals surface area contributed by atoms with E-state index in [4.69, 9.17) is 16.3 Å². The number of amides is 1. The molecule has 1 amide bonds. The fraction of sp³-hybridized carbons (Fsp3) is 0.706. The van der Waals surface area contributed by atoms with Gasteiger partial charge in [0, 0.05) is 51.3 Å². The predicted octanol–water partition coefficient (Wildman–Crippen LogP) is 2.16. The molecule has 1 aromatic heterocycles. The van der Waals surface area contributed by atoms with Gasteiger partial charge in [0.25, 0.3) is 0 Å². The molecule has 2 aliphatic rings. The molecule has 7 heteroatoms. The van der Waals surface area contributed by atoms with Gasteiger partial charge >= 0.3 is 0 Å². The molecule has 2 aliphatic heterocycles. The normalized spacial score (nSPS) is 22.8. The number of ether oxygens (including phenoxy) is 1. The highest BCUT2D eigenvalue weighted by molar-refractivity contribution is 7.16. The number of halogens is 1. The Kier molecular flexibility index (Phi) is 6.52. The summed E-state index contributed by atoms with van der Waals surface area (Å²) in [6, 6.07) is 3.87. The minimum Gasteiger partial charge on any atom is -0.377 e. The van der Waals surface area contributed by atoms with Gasteiger partial charge in [-0.15, -0.1) is 11.3 Å². The van der Waals surface area contributed by atoms with E-state index in [2.05, 4.69) is 9.80 Å². The average Bonchev–Trinajstić information content (AvgIpc) is 3.21. The van der Waals surface area contributed by atoms with Gasteiger partial charge in [0.2, 0.25) is 5.91 Å². The van der Waals surface area contributed by atoms with Crippen molar-refractivity contribution in [2.45, 2.75) is 25.5 Å². The molecule has 1 atom stereocenters. The van der Waals surface area contributed by atoms with Crippen molar-refractivity contribution in [3.05, 3.63) is 21.3 Å². The molecule has 3 rings (SSSR count). The largest absolute Gasteiger partial charge is 0.377 e. The maximum absolute atomic E-state index is 12.4. The lowest BCUT2D eigenvalue weighted by Gasteiger charge is -2.35. The zero-order chi connectivity index (χ0) is 16.9. The van der Waals surface area contributed by atoms with Gasteiger partial charge in [0.1, 0.15) is 0 Å². The van der Waals surface area contributed by atoms with Crippen molar-refractivity contribution < 1.29 is 9.53 Å². The molecule has 0 spiro atoms. The van der Waals surface area contributed by atoms with Crippen LogP contribution in [0.2, 0.25) is 4.34 Å². The second kappa shape index (κ2) is 8.63. The van der Waals surface area contributed by atoms with Crippen molar-refractivity contribution >= 4 is 28.8 Å². The Labute approximate surface area is 153 Å². The van der Waals surface area contributed by atoms with E-state index in [1.807, 2.05) is 19.2 Å². The first-order chi connectivity index (χ1) is 11.6. The highest BCUT2D eigenvalue weighted by Gasteiger charge is 2.24. The molecule has 1 unspecified atom stereocenters. The summed E-state index contributed by atoms with van der Waals surface area (Å²) >= 11 is 7.48. The average molecular weight is 372 g/mol. The summed E-state index contributed by atoms with van der Waals surface area (Å²) in [7, 11) is 1.86. The van der Waals surface area contributed by atoms with E-state index in [0.717, 1.165) is 48.5 Å². The maximum Gasteiger partial charge on any atom is 0.236 e. The molecule has 134 valence electrons. The smallest absolute Gasteiger partial charge is 0.236 e. The molecular formula is C17H26ClN3O2S. The van der Waals surface area contributed by atoms with Crippen LogP contribution >= 0.6 is 22.9 Å². The van der Waals surface area contributed by atoms with Crippen LogP contribution < -0.4 is 0 Å². The Morgan fingerprint density at radius 3 is 2.71 bits per heavy atom. The van der Waals surface area contributed by atoms with Crippen LogP contribution in [0.1, 0.15) is 17.7 Å². The van der Waals surface area contributed by atoms with Crippen molar-refractivity contribution in [2.75, 3.05) is 52.9 Å². The third-order valence-corrected chi connectivity index (χ3v) is 5.97. The van der Waals surface area contributed by atoms with Crippen molar-refractivity contribution in [2.24, 2.45) is 0 Å². The van der Waals surface area contributed by atoms with Crippen molar-refractivity contribution in [1.29, 1.82) is 0 Å². The van der Waals surface area contributed by atoms with E-state index in [1.165, 1.54) is 24.2 Å². The van der Waals surface area contributed by atoms with Crippen LogP contribution in [0.4, 0.5) is 0 Å². The van der Waals surface area contributed by atoms with Gasteiger partial charge in [-0.1, -0.05) is 11.6 Å². The molecule has 2 fully saturated rings. The zero-order valence-electron chi connectivity index (χ0n) is 14.2. The van der Waals surface area contributed by atoms with Crippen molar-refractivity contribution in [3.8, 4) is 0 Å². The van der Waals surface area contributed by atoms with E-state index in [9.17, 15) is 4.79 Å². The summed E-state index contributed by atoms with van der Waals surface area (Å²) in [5.41, 5.74) is 0. The van der Waals surface area contributed by atoms with Gasteiger partial charge in [-0.2, -0.15) is 0 Å². The number of thiophene rings is 1. The quantitative estimate of drug-likeness (QED) is 0.767. The monoisotopic (exact) mass is 371 g/mol. The number of nitrogens with zero attached hydrogens (tertiary/aromatic N) is 3. The molecule has 5 nitrogen and oxygen atoms in total. The summed E-state index contributed by atoms with van der Waals surface area (Å²) in [6.45, 7) is 7.06. The molecule has 0 radical (unpaired) electrons. The van der Waals surface area contributed by atoms with E-state index < -0.39 is 0 Å². The Balaban J connectivity index is 1.37. The maximum atomic E-state index is 12.4. The van der Waals surface area contributed by atoms with Crippen LogP contribution in [0, 0.1) is 0 Å². The van der Waals surface area contributed by atoms with E-state index in [1.54, 1.807) is 4.90 Å². The van der Waals surface area contributed by atoms with Gasteiger partial charge in [0.15, 0.2) is 0 Å². The third-order valence-electron chi connectivity index (χ3n) is 4.76. The standard InChI is InChI=1S/C17H26ClN3O2S/c1-19(12-15-4-5-16(18)24-15)17(22)13-21-8-6-20(7-9-21)11-14-3-2-10-23-14/h4-5,14H,2-3,6-13H2,1H3. The lowest BCUT2D eigenvalue weighted by Crippen LogP contribution is -2.50. The van der Waals surface area contributed by atoms with Crippen LogP contribution in [-0.4, -0.2) is 79.6 Å². The molecule has 0 N–H and O–H groups in total. The van der Waals surface area contributed by atoms with Crippen LogP contribution in [0.25, 0.3) is 0 Å². The summed E-state index contributed by atoms with van der Waals surface area (Å²) in [5.74, 6) is 0.173. The van der Waals surface area contributed by atoms with Crippen LogP contribution in [0.15, 0.2) is 12.1 Å². The Hall–Kier alpha value is -0.660. The molecule has 0 bridgehead atoms. The highest BCUT2D eigenvalue weighted by atomic mass is 35.5. The van der Waals surface area contributed by atoms with Crippen molar-refractivity contribution in [3.63, 3.8) is 0 Å². The van der Waals surface area contributed by atoms with Crippen LogP contribution in [0.5, 0.6) is 0 Å². The first kappa shape index (κ1) is 18.1. The predicted molar refractivity (Wildman–Crippen MR) is 97.7 cm³/mol. The Bertz CT molecular complexity index is 540. The number of hydrogen-bond donors (Lipinski definition) is 0. The highest BCUT2D eigenvalue weighted by Crippen LogP contribution is 2.22. The summed E-state index contributed by atoms with van der Waals surface area (Å²) in [4.78, 5) is 20.0. The van der Waals surface area contributed by atoms with E-state index >= 15 is 0 Å². The number of likely N-dealkylation sites (N-methyl/N-ethyl adjacent to an activating group) is 1. The number of carbonyl (C=O) groups excluding carboxylic acids is 1. The molecule has 1 aromatic rings. The minimum absolute atomic E-state index is 0.173. The summed E-state index contributed by atoms with van der Waals surface area (Å²) < 4.78 is 6.48. The lowest BCUT2D eigenvalue weighted by atomic mass is 10.2. The number of piperazine rings is 1. The molecule has 24 heavy (non-hydrogen) atoms. The molecule has 2 saturated heterocycles. The minimum atomic E-state index is 0.173. The van der Waals surface area contributed by atoms with Gasteiger partial charge in [-0.3, -0.25) is 14.6 Å². The zero-order valence-corrected chi connectivity index (χ0v) is 15.8. The van der Waals surface area contributed by atoms with Crippen molar-refractivity contribution in [1.82, 2.24) is 14.7 Å². The SMILES string of the molecule is CN(Cc1ccc(Cl)s1)C(=O)CN1CCN(CC2CCCO2)CC1. The number of carbonyl (C=O) groups is 1. The number of hydrogen-bond acceptors (Lipinski definition) is 5. The first-order valence-corrected chi connectivity index (χ1v) is 9.84. The van der Waals surface area contributed by atoms with Gasteiger partial charge < -0.3 is 9.64 Å². The molecular weight excluding hydrogens is 346 g/mol. The number of rotatable bonds is 6. The fourth-order valence-electron chi connectivity index (χ4n) is 3.28. The first-order valence-electron chi connectivity index (χ1n) is 8.64. The molecule has 3 heterocycles. The van der Waals surface area contributed by atoms with Gasteiger partial charge in [-0.05, 0) is 25.0 Å².